The number of Topliss-reactive ketones (excluding diaryl/α,β-unsaturated/α-hetero) is 1. The van der Waals surface area contributed by atoms with E-state index in [-0.39, 0.29) is 5.78 Å². The van der Waals surface area contributed by atoms with Gasteiger partial charge in [0.2, 0.25) is 0 Å². The van der Waals surface area contributed by atoms with E-state index >= 15 is 0 Å². The number of hydrogen-bond donors (Lipinski definition) is 1. The Morgan fingerprint density at radius 3 is 2.07 bits per heavy atom. The molecule has 0 amide bonds. The summed E-state index contributed by atoms with van der Waals surface area (Å²) in [6.45, 7) is 0. The number of carboxylic acid groups (broad SMARTS) is 1. The predicted octanol–water partition coefficient (Wildman–Crippen LogP) is 1.22. The van der Waals surface area contributed by atoms with E-state index in [2.05, 4.69) is 0 Å². The normalized spacial score (nSPS) is 8.21. The second-order valence-corrected chi connectivity index (χ2v) is 2.36. The minimum absolute atomic E-state index is 0.358. The zero-order valence-electron chi connectivity index (χ0n) is 7.21. The molecule has 0 saturated heterocycles. The van der Waals surface area contributed by atoms with E-state index in [0.717, 1.165) is 17.4 Å². The van der Waals surface area contributed by atoms with Crippen LogP contribution in [0.2, 0.25) is 0 Å². The number of carbonyl (C=O) groups is 2. The Hall–Kier alpha value is -1.26. The number of carbonyl (C=O) groups excluding carboxylic acids is 1. The Labute approximate surface area is 90.1 Å². The molecule has 5 heteroatoms. The molecule has 0 bridgehead atoms. The average Bonchev–Trinajstić information content (AvgIpc) is 2.21. The van der Waals surface area contributed by atoms with Crippen molar-refractivity contribution in [2.75, 3.05) is 0 Å². The van der Waals surface area contributed by atoms with Crippen molar-refractivity contribution >= 4 is 11.8 Å². The molecule has 0 aromatic heterocycles. The standard InChI is InChI=1S/C9H8O3.O.V/c10-8(6-9(11)12)7-4-2-1-3-5-7;;/h1-5H,6H2,(H,11,12);;. The van der Waals surface area contributed by atoms with Crippen LogP contribution in [0.4, 0.5) is 0 Å². The summed E-state index contributed by atoms with van der Waals surface area (Å²) in [6.07, 6.45) is -0.440. The van der Waals surface area contributed by atoms with Crippen LogP contribution >= 0.6 is 0 Å². The van der Waals surface area contributed by atoms with Crippen LogP contribution in [-0.2, 0) is 25.8 Å². The Bertz CT molecular complexity index is 310. The summed E-state index contributed by atoms with van der Waals surface area (Å²) in [7, 11) is 0. The fourth-order valence-electron chi connectivity index (χ4n) is 0.863. The first-order chi connectivity index (χ1) is 6.70. The molecule has 0 heterocycles. The third-order valence-electron chi connectivity index (χ3n) is 1.41. The Morgan fingerprint density at radius 1 is 1.14 bits per heavy atom. The number of carboxylic acids is 1. The van der Waals surface area contributed by atoms with Crippen LogP contribution in [0.25, 0.3) is 0 Å². The molecular formula is C9H8O4V. The van der Waals surface area contributed by atoms with Gasteiger partial charge in [0.25, 0.3) is 0 Å². The molecule has 0 atom stereocenters. The molecule has 0 spiro atoms. The fourth-order valence-corrected chi connectivity index (χ4v) is 0.863. The van der Waals surface area contributed by atoms with E-state index in [1.807, 2.05) is 0 Å². The van der Waals surface area contributed by atoms with Crippen molar-refractivity contribution in [2.24, 2.45) is 0 Å². The number of rotatable bonds is 3. The molecule has 1 N–H and O–H groups in total. The zero-order chi connectivity index (χ0) is 11.0. The first-order valence-corrected chi connectivity index (χ1v) is 4.25. The molecule has 14 heavy (non-hydrogen) atoms. The maximum absolute atomic E-state index is 11.1. The van der Waals surface area contributed by atoms with Gasteiger partial charge in [-0.3, -0.25) is 9.59 Å². The molecule has 1 aromatic carbocycles. The quantitative estimate of drug-likeness (QED) is 0.627. The maximum atomic E-state index is 11.1. The molecule has 0 aliphatic carbocycles. The first kappa shape index (κ1) is 12.7. The topological polar surface area (TPSA) is 71.4 Å². The molecule has 0 aliphatic heterocycles. The minimum atomic E-state index is -1.09. The number of aliphatic carboxylic acids is 1. The molecule has 0 fully saturated rings. The van der Waals surface area contributed by atoms with Crippen molar-refractivity contribution in [3.05, 3.63) is 35.9 Å². The van der Waals surface area contributed by atoms with Gasteiger partial charge in [0.05, 0.1) is 0 Å². The van der Waals surface area contributed by atoms with Crippen molar-refractivity contribution in [1.82, 2.24) is 0 Å². The van der Waals surface area contributed by atoms with Crippen molar-refractivity contribution in [1.29, 1.82) is 0 Å². The fraction of sp³-hybridized carbons (Fsp3) is 0.111. The number of hydrogen-bond acceptors (Lipinski definition) is 3. The van der Waals surface area contributed by atoms with E-state index in [9.17, 15) is 9.59 Å². The second kappa shape index (κ2) is 7.18. The van der Waals surface area contributed by atoms with Crippen LogP contribution in [0.3, 0.4) is 0 Å². The first-order valence-electron chi connectivity index (χ1n) is 3.68. The summed E-state index contributed by atoms with van der Waals surface area (Å²) in [5.74, 6) is -1.45. The van der Waals surface area contributed by atoms with Crippen LogP contribution in [0.15, 0.2) is 30.3 Å². The molecule has 0 saturated carbocycles. The van der Waals surface area contributed by atoms with Gasteiger partial charge in [-0.2, -0.15) is 0 Å². The second-order valence-electron chi connectivity index (χ2n) is 2.36. The molecule has 1 aromatic rings. The van der Waals surface area contributed by atoms with E-state index in [1.165, 1.54) is 0 Å². The Kier molecular flexibility index (Phi) is 6.53. The summed E-state index contributed by atoms with van der Waals surface area (Å²) >= 11 is 1.06. The van der Waals surface area contributed by atoms with Gasteiger partial charge in [-0.05, 0) is 0 Å². The van der Waals surface area contributed by atoms with E-state index < -0.39 is 12.4 Å². The third kappa shape index (κ3) is 4.69. The Balaban J connectivity index is 0.000000791. The van der Waals surface area contributed by atoms with Gasteiger partial charge in [-0.25, -0.2) is 0 Å². The van der Waals surface area contributed by atoms with Gasteiger partial charge < -0.3 is 5.11 Å². The molecule has 0 radical (unpaired) electrons. The summed E-state index contributed by atoms with van der Waals surface area (Å²) < 4.78 is 8.19. The van der Waals surface area contributed by atoms with Crippen molar-refractivity contribution < 1.29 is 35.7 Å². The predicted molar refractivity (Wildman–Crippen MR) is 43.7 cm³/mol. The van der Waals surface area contributed by atoms with Gasteiger partial charge in [-0.1, -0.05) is 30.3 Å². The van der Waals surface area contributed by atoms with E-state index in [0.29, 0.717) is 5.56 Å². The number of benzene rings is 1. The monoisotopic (exact) mass is 231 g/mol. The summed E-state index contributed by atoms with van der Waals surface area (Å²) in [6, 6.07) is 8.39. The van der Waals surface area contributed by atoms with Crippen LogP contribution < -0.4 is 0 Å². The zero-order valence-corrected chi connectivity index (χ0v) is 8.61. The molecule has 1 rings (SSSR count). The SMILES string of the molecule is O=C(O)CC(=O)c1ccccc1.[O]=[V]. The van der Waals surface area contributed by atoms with Crippen molar-refractivity contribution in [2.45, 2.75) is 6.42 Å². The molecule has 0 unspecified atom stereocenters. The van der Waals surface area contributed by atoms with E-state index in [4.69, 9.17) is 8.78 Å². The molecule has 0 aliphatic rings. The molecule has 73 valence electrons. The molecule has 4 nitrogen and oxygen atoms in total. The Morgan fingerprint density at radius 2 is 1.64 bits per heavy atom. The van der Waals surface area contributed by atoms with Crippen LogP contribution in [0.1, 0.15) is 16.8 Å². The van der Waals surface area contributed by atoms with Gasteiger partial charge in [0.15, 0.2) is 5.78 Å². The van der Waals surface area contributed by atoms with Crippen LogP contribution in [-0.4, -0.2) is 16.9 Å². The third-order valence-corrected chi connectivity index (χ3v) is 1.41. The van der Waals surface area contributed by atoms with Gasteiger partial charge in [0.1, 0.15) is 6.42 Å². The van der Waals surface area contributed by atoms with Gasteiger partial charge >= 0.3 is 27.0 Å². The van der Waals surface area contributed by atoms with E-state index in [1.54, 1.807) is 30.3 Å². The summed E-state index contributed by atoms with van der Waals surface area (Å²) in [5, 5.41) is 8.32. The average molecular weight is 231 g/mol. The molecular weight excluding hydrogens is 223 g/mol. The van der Waals surface area contributed by atoms with Crippen LogP contribution in [0, 0.1) is 0 Å². The van der Waals surface area contributed by atoms with Crippen LogP contribution in [0.5, 0.6) is 0 Å². The van der Waals surface area contributed by atoms with Crippen molar-refractivity contribution in [3.8, 4) is 0 Å². The van der Waals surface area contributed by atoms with Gasteiger partial charge in [-0.15, -0.1) is 0 Å². The van der Waals surface area contributed by atoms with Crippen molar-refractivity contribution in [3.63, 3.8) is 0 Å². The summed E-state index contributed by atoms with van der Waals surface area (Å²) in [4.78, 5) is 21.2. The summed E-state index contributed by atoms with van der Waals surface area (Å²) in [5.41, 5.74) is 0.444. The number of ketones is 1. The van der Waals surface area contributed by atoms with Gasteiger partial charge in [0, 0.05) is 5.56 Å².